The number of ether oxygens (including phenoxy) is 3. The Labute approximate surface area is 207 Å². The summed E-state index contributed by atoms with van der Waals surface area (Å²) in [6.07, 6.45) is 1.71. The van der Waals surface area contributed by atoms with Crippen molar-refractivity contribution in [2.75, 3.05) is 20.8 Å². The summed E-state index contributed by atoms with van der Waals surface area (Å²) < 4.78 is 16.4. The topological polar surface area (TPSA) is 74.2 Å². The Bertz CT molecular complexity index is 1200. The molecule has 4 rings (SSSR count). The number of carbonyl (C=O) groups excluding carboxylic acids is 2. The lowest BCUT2D eigenvalue weighted by molar-refractivity contribution is -0.146. The van der Waals surface area contributed by atoms with Crippen LogP contribution >= 0.6 is 0 Å². The van der Waals surface area contributed by atoms with E-state index in [-0.39, 0.29) is 17.7 Å². The highest BCUT2D eigenvalue weighted by Crippen LogP contribution is 2.48. The fourth-order valence-electron chi connectivity index (χ4n) is 5.27. The van der Waals surface area contributed by atoms with E-state index in [1.54, 1.807) is 14.2 Å². The SMILES string of the molecule is CCCOC(=O)C1C(C)=NC2=C(C(=O)CC(c3ccc(OC)c(OC)c3)C2)C1c1ccccc1C. The third-order valence-electron chi connectivity index (χ3n) is 6.99. The van der Waals surface area contributed by atoms with E-state index in [4.69, 9.17) is 19.2 Å². The molecular weight excluding hydrogens is 442 g/mol. The molecule has 0 radical (unpaired) electrons. The molecule has 6 nitrogen and oxygen atoms in total. The molecule has 0 N–H and O–H groups in total. The minimum atomic E-state index is -0.608. The summed E-state index contributed by atoms with van der Waals surface area (Å²) in [6, 6.07) is 13.7. The molecule has 184 valence electrons. The number of hydrogen-bond donors (Lipinski definition) is 0. The van der Waals surface area contributed by atoms with E-state index >= 15 is 0 Å². The molecule has 3 atom stereocenters. The maximum atomic E-state index is 13.7. The molecule has 3 unspecified atom stereocenters. The minimum Gasteiger partial charge on any atom is -0.493 e. The van der Waals surface area contributed by atoms with Gasteiger partial charge in [0.25, 0.3) is 0 Å². The van der Waals surface area contributed by atoms with Crippen molar-refractivity contribution in [2.45, 2.75) is 51.9 Å². The van der Waals surface area contributed by atoms with E-state index in [9.17, 15) is 9.59 Å². The molecule has 0 spiro atoms. The maximum absolute atomic E-state index is 13.7. The number of benzene rings is 2. The number of carbonyl (C=O) groups is 2. The van der Waals surface area contributed by atoms with Crippen LogP contribution in [0.15, 0.2) is 58.7 Å². The molecule has 1 aliphatic carbocycles. The molecule has 0 saturated carbocycles. The molecule has 0 bridgehead atoms. The number of aliphatic imine (C=N–C) groups is 1. The van der Waals surface area contributed by atoms with Crippen molar-refractivity contribution in [3.63, 3.8) is 0 Å². The van der Waals surface area contributed by atoms with Crippen LogP contribution in [0.5, 0.6) is 11.5 Å². The number of aryl methyl sites for hydroxylation is 1. The fourth-order valence-corrected chi connectivity index (χ4v) is 5.27. The lowest BCUT2D eigenvalue weighted by Crippen LogP contribution is -2.38. The van der Waals surface area contributed by atoms with Crippen LogP contribution in [0, 0.1) is 12.8 Å². The number of hydrogen-bond acceptors (Lipinski definition) is 6. The number of rotatable bonds is 7. The van der Waals surface area contributed by atoms with Gasteiger partial charge in [-0.15, -0.1) is 0 Å². The second-order valence-corrected chi connectivity index (χ2v) is 9.24. The third kappa shape index (κ3) is 4.75. The van der Waals surface area contributed by atoms with Crippen LogP contribution in [0.2, 0.25) is 0 Å². The molecule has 2 aromatic carbocycles. The Hall–Kier alpha value is -3.41. The first-order valence-corrected chi connectivity index (χ1v) is 12.1. The summed E-state index contributed by atoms with van der Waals surface area (Å²) >= 11 is 0. The second-order valence-electron chi connectivity index (χ2n) is 9.24. The average molecular weight is 476 g/mol. The van der Waals surface area contributed by atoms with Crippen molar-refractivity contribution in [3.05, 3.63) is 70.4 Å². The van der Waals surface area contributed by atoms with Gasteiger partial charge in [0.15, 0.2) is 17.3 Å². The summed E-state index contributed by atoms with van der Waals surface area (Å²) in [5.41, 5.74) is 5.14. The first-order chi connectivity index (χ1) is 16.9. The smallest absolute Gasteiger partial charge is 0.315 e. The van der Waals surface area contributed by atoms with Crippen molar-refractivity contribution in [1.29, 1.82) is 0 Å². The molecule has 2 aliphatic rings. The fraction of sp³-hybridized carbons (Fsp3) is 0.414. The van der Waals surface area contributed by atoms with Gasteiger partial charge in [0, 0.05) is 29.3 Å². The van der Waals surface area contributed by atoms with E-state index < -0.39 is 11.8 Å². The predicted octanol–water partition coefficient (Wildman–Crippen LogP) is 5.54. The lowest BCUT2D eigenvalue weighted by Gasteiger charge is -2.37. The van der Waals surface area contributed by atoms with Gasteiger partial charge in [-0.3, -0.25) is 14.6 Å². The zero-order valence-corrected chi connectivity index (χ0v) is 21.1. The number of esters is 1. The van der Waals surface area contributed by atoms with Gasteiger partial charge in [0.2, 0.25) is 0 Å². The van der Waals surface area contributed by atoms with E-state index in [1.807, 2.05) is 63.2 Å². The van der Waals surface area contributed by atoms with Gasteiger partial charge in [0.05, 0.1) is 20.8 Å². The first kappa shape index (κ1) is 24.7. The zero-order chi connectivity index (χ0) is 25.1. The number of nitrogens with zero attached hydrogens (tertiary/aromatic N) is 1. The van der Waals surface area contributed by atoms with Crippen molar-refractivity contribution >= 4 is 17.5 Å². The van der Waals surface area contributed by atoms with Crippen molar-refractivity contribution in [2.24, 2.45) is 10.9 Å². The van der Waals surface area contributed by atoms with Gasteiger partial charge in [0.1, 0.15) is 5.92 Å². The third-order valence-corrected chi connectivity index (χ3v) is 6.99. The Kier molecular flexibility index (Phi) is 7.39. The van der Waals surface area contributed by atoms with Gasteiger partial charge in [-0.2, -0.15) is 0 Å². The summed E-state index contributed by atoms with van der Waals surface area (Å²) in [4.78, 5) is 31.8. The van der Waals surface area contributed by atoms with Crippen molar-refractivity contribution in [3.8, 4) is 11.5 Å². The molecule has 2 aromatic rings. The molecule has 0 amide bonds. The van der Waals surface area contributed by atoms with Crippen LogP contribution in [0.4, 0.5) is 0 Å². The molecule has 35 heavy (non-hydrogen) atoms. The highest BCUT2D eigenvalue weighted by molar-refractivity contribution is 6.09. The summed E-state index contributed by atoms with van der Waals surface area (Å²) in [5, 5.41) is 0. The molecule has 0 fully saturated rings. The molecule has 1 aliphatic heterocycles. The summed E-state index contributed by atoms with van der Waals surface area (Å²) in [7, 11) is 3.21. The van der Waals surface area contributed by atoms with Crippen molar-refractivity contribution in [1.82, 2.24) is 0 Å². The standard InChI is InChI=1S/C29H33NO5/c1-6-13-35-29(32)26-18(3)30-22-14-20(19-11-12-24(33-4)25(16-19)34-5)15-23(31)28(22)27(26)21-10-8-7-9-17(21)2/h7-12,16,20,26-27H,6,13-15H2,1-5H3. The number of methoxy groups -OCH3 is 2. The molecule has 0 saturated heterocycles. The second kappa shape index (κ2) is 10.5. The molecule has 6 heteroatoms. The quantitative estimate of drug-likeness (QED) is 0.492. The number of ketones is 1. The largest absolute Gasteiger partial charge is 0.493 e. The maximum Gasteiger partial charge on any atom is 0.315 e. The first-order valence-electron chi connectivity index (χ1n) is 12.1. The number of allylic oxidation sites excluding steroid dienone is 2. The summed E-state index contributed by atoms with van der Waals surface area (Å²) in [6.45, 7) is 6.21. The molecule has 0 aromatic heterocycles. The van der Waals surface area contributed by atoms with E-state index in [0.29, 0.717) is 42.2 Å². The van der Waals surface area contributed by atoms with Gasteiger partial charge in [-0.1, -0.05) is 37.3 Å². The van der Waals surface area contributed by atoms with Gasteiger partial charge < -0.3 is 14.2 Å². The normalized spacial score (nSPS) is 21.8. The van der Waals surface area contributed by atoms with Crippen LogP contribution in [0.25, 0.3) is 0 Å². The zero-order valence-electron chi connectivity index (χ0n) is 21.1. The predicted molar refractivity (Wildman–Crippen MR) is 135 cm³/mol. The van der Waals surface area contributed by atoms with Gasteiger partial charge >= 0.3 is 5.97 Å². The average Bonchev–Trinajstić information content (AvgIpc) is 2.86. The van der Waals surface area contributed by atoms with E-state index in [0.717, 1.165) is 28.8 Å². The van der Waals surface area contributed by atoms with E-state index in [1.165, 1.54) is 0 Å². The van der Waals surface area contributed by atoms with Crippen LogP contribution in [-0.2, 0) is 14.3 Å². The highest BCUT2D eigenvalue weighted by atomic mass is 16.5. The van der Waals surface area contributed by atoms with Crippen LogP contribution in [0.3, 0.4) is 0 Å². The summed E-state index contributed by atoms with van der Waals surface area (Å²) in [5.74, 6) is -0.0323. The molecular formula is C29H33NO5. The molecule has 1 heterocycles. The van der Waals surface area contributed by atoms with Crippen LogP contribution in [-0.4, -0.2) is 38.3 Å². The monoisotopic (exact) mass is 475 g/mol. The van der Waals surface area contributed by atoms with Crippen LogP contribution in [0.1, 0.15) is 61.6 Å². The van der Waals surface area contributed by atoms with Crippen LogP contribution < -0.4 is 9.47 Å². The Morgan fingerprint density at radius 3 is 2.46 bits per heavy atom. The minimum absolute atomic E-state index is 0.0290. The number of Topliss-reactive ketones (excluding diaryl/α,β-unsaturated/α-hetero) is 1. The Morgan fingerprint density at radius 1 is 1.03 bits per heavy atom. The Balaban J connectivity index is 1.77. The lowest BCUT2D eigenvalue weighted by atomic mass is 9.68. The van der Waals surface area contributed by atoms with Crippen molar-refractivity contribution < 1.29 is 23.8 Å². The van der Waals surface area contributed by atoms with Gasteiger partial charge in [-0.05, 0) is 61.4 Å². The Morgan fingerprint density at radius 2 is 1.77 bits per heavy atom. The van der Waals surface area contributed by atoms with E-state index in [2.05, 4.69) is 0 Å². The van der Waals surface area contributed by atoms with Gasteiger partial charge in [-0.25, -0.2) is 0 Å². The highest BCUT2D eigenvalue weighted by Gasteiger charge is 2.45.